The van der Waals surface area contributed by atoms with E-state index in [0.29, 0.717) is 0 Å². The van der Waals surface area contributed by atoms with Crippen molar-refractivity contribution in [1.29, 1.82) is 0 Å². The van der Waals surface area contributed by atoms with Crippen LogP contribution in [-0.4, -0.2) is 48.7 Å². The number of nitrogens with two attached hydrogens (primary N) is 1. The monoisotopic (exact) mass is 314 g/mol. The summed E-state index contributed by atoms with van der Waals surface area (Å²) in [6.45, 7) is 0.229. The van der Waals surface area contributed by atoms with E-state index < -0.39 is 14.8 Å². The first kappa shape index (κ1) is 15.2. The Balaban J connectivity index is 2.22. The summed E-state index contributed by atoms with van der Waals surface area (Å²) < 4.78 is 22.7. The highest BCUT2D eigenvalue weighted by Gasteiger charge is 2.26. The molecule has 0 saturated carbocycles. The van der Waals surface area contributed by atoms with E-state index in [4.69, 9.17) is 5.84 Å². The molecule has 1 aliphatic rings. The summed E-state index contributed by atoms with van der Waals surface area (Å²) in [5, 5.41) is 10.8. The first-order valence-corrected chi connectivity index (χ1v) is 7.91. The first-order chi connectivity index (χ1) is 9.84. The molecule has 1 aromatic rings. The summed E-state index contributed by atoms with van der Waals surface area (Å²) in [7, 11) is -3.08. The highest BCUT2D eigenvalue weighted by molar-refractivity contribution is 7.91. The smallest absolute Gasteiger partial charge is 0.293 e. The summed E-state index contributed by atoms with van der Waals surface area (Å²) in [4.78, 5) is 23.8. The van der Waals surface area contributed by atoms with E-state index in [1.807, 2.05) is 0 Å². The van der Waals surface area contributed by atoms with Crippen molar-refractivity contribution in [2.45, 2.75) is 0 Å². The van der Waals surface area contributed by atoms with E-state index >= 15 is 0 Å². The Kier molecular flexibility index (Phi) is 4.09. The normalized spacial score (nSPS) is 17.3. The number of amides is 1. The number of nitro groups is 1. The van der Waals surface area contributed by atoms with Crippen LogP contribution in [0.1, 0.15) is 10.4 Å². The Morgan fingerprint density at radius 3 is 2.48 bits per heavy atom. The van der Waals surface area contributed by atoms with E-state index in [1.165, 1.54) is 23.1 Å². The maximum absolute atomic E-state index is 12.3. The fourth-order valence-corrected chi connectivity index (χ4v) is 3.24. The number of nitrogens with zero attached hydrogens (tertiary/aromatic N) is 2. The molecule has 0 aromatic heterocycles. The predicted molar refractivity (Wildman–Crippen MR) is 75.5 cm³/mol. The third kappa shape index (κ3) is 3.28. The van der Waals surface area contributed by atoms with Crippen LogP contribution in [0.5, 0.6) is 0 Å². The van der Waals surface area contributed by atoms with Crippen LogP contribution in [0.25, 0.3) is 0 Å². The minimum atomic E-state index is -3.08. The number of carbonyl (C=O) groups is 1. The fourth-order valence-electron chi connectivity index (χ4n) is 2.04. The lowest BCUT2D eigenvalue weighted by atomic mass is 10.1. The fraction of sp³-hybridized carbons (Fsp3) is 0.364. The summed E-state index contributed by atoms with van der Waals surface area (Å²) >= 11 is 0. The predicted octanol–water partition coefficient (Wildman–Crippen LogP) is -0.249. The van der Waals surface area contributed by atoms with Crippen LogP contribution < -0.4 is 11.3 Å². The average molecular weight is 314 g/mol. The van der Waals surface area contributed by atoms with Crippen LogP contribution in [-0.2, 0) is 9.84 Å². The molecular weight excluding hydrogens is 300 g/mol. The van der Waals surface area contributed by atoms with Crippen molar-refractivity contribution < 1.29 is 18.1 Å². The number of nitrogens with one attached hydrogen (secondary N) is 1. The lowest BCUT2D eigenvalue weighted by Crippen LogP contribution is -2.43. The number of rotatable bonds is 3. The third-order valence-corrected chi connectivity index (χ3v) is 4.84. The third-order valence-electron chi connectivity index (χ3n) is 3.23. The zero-order valence-electron chi connectivity index (χ0n) is 11.0. The lowest BCUT2D eigenvalue weighted by Gasteiger charge is -2.26. The van der Waals surface area contributed by atoms with Gasteiger partial charge in [-0.1, -0.05) is 0 Å². The lowest BCUT2D eigenvalue weighted by molar-refractivity contribution is -0.384. The Morgan fingerprint density at radius 1 is 1.33 bits per heavy atom. The maximum Gasteiger partial charge on any atom is 0.293 e. The van der Waals surface area contributed by atoms with Gasteiger partial charge < -0.3 is 10.3 Å². The number of carbonyl (C=O) groups excluding carboxylic acids is 1. The van der Waals surface area contributed by atoms with E-state index in [0.717, 1.165) is 0 Å². The summed E-state index contributed by atoms with van der Waals surface area (Å²) in [6.07, 6.45) is 0. The molecule has 21 heavy (non-hydrogen) atoms. The average Bonchev–Trinajstić information content (AvgIpc) is 2.45. The quantitative estimate of drug-likeness (QED) is 0.446. The first-order valence-electron chi connectivity index (χ1n) is 6.09. The van der Waals surface area contributed by atoms with E-state index in [1.54, 1.807) is 0 Å². The van der Waals surface area contributed by atoms with Crippen LogP contribution in [0.4, 0.5) is 11.4 Å². The molecule has 0 radical (unpaired) electrons. The highest BCUT2D eigenvalue weighted by Crippen LogP contribution is 2.25. The standard InChI is InChI=1S/C11H14N4O5S/c12-13-9-7-8(1-2-10(9)15(17)18)11(16)14-3-5-21(19,20)6-4-14/h1-2,7,13H,3-6,12H2. The Morgan fingerprint density at radius 2 is 1.95 bits per heavy atom. The number of hydrazine groups is 1. The number of nitro benzene ring substituents is 1. The second-order valence-corrected chi connectivity index (χ2v) is 6.88. The van der Waals surface area contributed by atoms with Gasteiger partial charge in [0.15, 0.2) is 9.84 Å². The van der Waals surface area contributed by atoms with Crippen molar-refractivity contribution in [3.8, 4) is 0 Å². The van der Waals surface area contributed by atoms with Gasteiger partial charge in [0.05, 0.1) is 16.4 Å². The van der Waals surface area contributed by atoms with Gasteiger partial charge in [-0.2, -0.15) is 0 Å². The SMILES string of the molecule is NNc1cc(C(=O)N2CCS(=O)(=O)CC2)ccc1[N+](=O)[O-]. The minimum Gasteiger partial charge on any atom is -0.337 e. The van der Waals surface area contributed by atoms with Gasteiger partial charge in [0, 0.05) is 24.7 Å². The molecule has 0 atom stereocenters. The molecule has 0 unspecified atom stereocenters. The zero-order chi connectivity index (χ0) is 15.6. The van der Waals surface area contributed by atoms with Gasteiger partial charge in [-0.3, -0.25) is 20.8 Å². The molecule has 9 nitrogen and oxygen atoms in total. The maximum atomic E-state index is 12.3. The molecule has 1 aliphatic heterocycles. The van der Waals surface area contributed by atoms with Gasteiger partial charge in [0.2, 0.25) is 0 Å². The molecule has 1 saturated heterocycles. The summed E-state index contributed by atoms with van der Waals surface area (Å²) in [5.41, 5.74) is 2.18. The minimum absolute atomic E-state index is 0.0236. The van der Waals surface area contributed by atoms with Gasteiger partial charge in [-0.15, -0.1) is 0 Å². The van der Waals surface area contributed by atoms with Crippen molar-refractivity contribution in [2.24, 2.45) is 5.84 Å². The van der Waals surface area contributed by atoms with Crippen LogP contribution in [0, 0.1) is 10.1 Å². The molecule has 0 spiro atoms. The van der Waals surface area contributed by atoms with E-state index in [2.05, 4.69) is 5.43 Å². The molecular formula is C11H14N4O5S. The largest absolute Gasteiger partial charge is 0.337 e. The Hall–Kier alpha value is -2.20. The second-order valence-electron chi connectivity index (χ2n) is 4.58. The molecule has 1 amide bonds. The van der Waals surface area contributed by atoms with Gasteiger partial charge in [0.25, 0.3) is 11.6 Å². The van der Waals surface area contributed by atoms with Gasteiger partial charge >= 0.3 is 0 Å². The van der Waals surface area contributed by atoms with Crippen LogP contribution in [0.15, 0.2) is 18.2 Å². The number of nitrogen functional groups attached to an aromatic ring is 1. The second kappa shape index (κ2) is 5.66. The van der Waals surface area contributed by atoms with Crippen molar-refractivity contribution in [2.75, 3.05) is 30.0 Å². The summed E-state index contributed by atoms with van der Waals surface area (Å²) in [5.74, 6) is 4.68. The van der Waals surface area contributed by atoms with Crippen LogP contribution in [0.2, 0.25) is 0 Å². The van der Waals surface area contributed by atoms with E-state index in [9.17, 15) is 23.3 Å². The molecule has 1 aromatic carbocycles. The van der Waals surface area contributed by atoms with Crippen molar-refractivity contribution in [1.82, 2.24) is 4.90 Å². The topological polar surface area (TPSA) is 136 Å². The van der Waals surface area contributed by atoms with Crippen LogP contribution in [0.3, 0.4) is 0 Å². The molecule has 1 fully saturated rings. The molecule has 0 bridgehead atoms. The molecule has 3 N–H and O–H groups in total. The molecule has 10 heteroatoms. The van der Waals surface area contributed by atoms with Crippen LogP contribution >= 0.6 is 0 Å². The van der Waals surface area contributed by atoms with Crippen molar-refractivity contribution in [3.05, 3.63) is 33.9 Å². The summed E-state index contributed by atoms with van der Waals surface area (Å²) in [6, 6.07) is 3.79. The molecule has 114 valence electrons. The molecule has 2 rings (SSSR count). The Bertz CT molecular complexity index is 674. The van der Waals surface area contributed by atoms with Crippen molar-refractivity contribution >= 4 is 27.1 Å². The highest BCUT2D eigenvalue weighted by atomic mass is 32.2. The molecule has 1 heterocycles. The zero-order valence-corrected chi connectivity index (χ0v) is 11.8. The van der Waals surface area contributed by atoms with Crippen molar-refractivity contribution in [3.63, 3.8) is 0 Å². The van der Waals surface area contributed by atoms with E-state index in [-0.39, 0.29) is 47.4 Å². The number of sulfone groups is 1. The number of hydrogen-bond donors (Lipinski definition) is 2. The Labute approximate surface area is 120 Å². The van der Waals surface area contributed by atoms with Gasteiger partial charge in [-0.05, 0) is 12.1 Å². The van der Waals surface area contributed by atoms with Gasteiger partial charge in [-0.25, -0.2) is 8.42 Å². The number of hydrogen-bond acceptors (Lipinski definition) is 7. The molecule has 0 aliphatic carbocycles. The van der Waals surface area contributed by atoms with Gasteiger partial charge in [0.1, 0.15) is 5.69 Å². The number of anilines is 1. The number of benzene rings is 1.